The topological polar surface area (TPSA) is 110 Å². The highest BCUT2D eigenvalue weighted by molar-refractivity contribution is 7.89. The van der Waals surface area contributed by atoms with Gasteiger partial charge in [-0.25, -0.2) is 13.6 Å². The van der Waals surface area contributed by atoms with Crippen molar-refractivity contribution in [3.63, 3.8) is 0 Å². The molecule has 0 saturated carbocycles. The lowest BCUT2D eigenvalue weighted by molar-refractivity contribution is 0.104. The largest absolute Gasteiger partial charge is 0.506 e. The molecule has 0 unspecified atom stereocenters. The molecule has 1 aliphatic rings. The molecular formula is C17H14N2O4S. The molecule has 122 valence electrons. The summed E-state index contributed by atoms with van der Waals surface area (Å²) >= 11 is 0. The van der Waals surface area contributed by atoms with Gasteiger partial charge in [0, 0.05) is 11.1 Å². The first-order valence-electron chi connectivity index (χ1n) is 7.05. The first-order valence-corrected chi connectivity index (χ1v) is 8.59. The number of fused-ring (bicyclic) bond motifs is 1. The number of rotatable bonds is 3. The maximum Gasteiger partial charge on any atom is 0.238 e. The van der Waals surface area contributed by atoms with E-state index in [4.69, 9.17) is 5.14 Å². The summed E-state index contributed by atoms with van der Waals surface area (Å²) in [5.41, 5.74) is 1.86. The zero-order valence-corrected chi connectivity index (χ0v) is 13.5. The molecule has 0 aliphatic heterocycles. The van der Waals surface area contributed by atoms with E-state index in [2.05, 4.69) is 4.99 Å². The summed E-state index contributed by atoms with van der Waals surface area (Å²) in [6.45, 7) is 1.61. The smallest absolute Gasteiger partial charge is 0.238 e. The minimum Gasteiger partial charge on any atom is -0.506 e. The van der Waals surface area contributed by atoms with Crippen LogP contribution in [0, 0.1) is 0 Å². The number of hydrogen-bond donors (Lipinski definition) is 2. The molecule has 24 heavy (non-hydrogen) atoms. The van der Waals surface area contributed by atoms with Gasteiger partial charge in [0.15, 0.2) is 5.78 Å². The number of nitrogens with zero attached hydrogens (tertiary/aromatic N) is 1. The van der Waals surface area contributed by atoms with Crippen LogP contribution in [0.15, 0.2) is 64.0 Å². The van der Waals surface area contributed by atoms with Gasteiger partial charge >= 0.3 is 0 Å². The van der Waals surface area contributed by atoms with Crippen LogP contribution in [0.25, 0.3) is 5.76 Å². The highest BCUT2D eigenvalue weighted by Gasteiger charge is 2.30. The summed E-state index contributed by atoms with van der Waals surface area (Å²) < 4.78 is 22.5. The van der Waals surface area contributed by atoms with Gasteiger partial charge in [0.2, 0.25) is 10.0 Å². The lowest BCUT2D eigenvalue weighted by atomic mass is 10.1. The number of ketones is 1. The van der Waals surface area contributed by atoms with Gasteiger partial charge in [0.1, 0.15) is 5.76 Å². The Morgan fingerprint density at radius 1 is 1.04 bits per heavy atom. The average Bonchev–Trinajstić information content (AvgIpc) is 2.79. The normalized spacial score (nSPS) is 14.9. The summed E-state index contributed by atoms with van der Waals surface area (Å²) in [7, 11) is -3.77. The van der Waals surface area contributed by atoms with Crippen LogP contribution in [0.1, 0.15) is 22.8 Å². The second kappa shape index (κ2) is 5.70. The Morgan fingerprint density at radius 3 is 2.17 bits per heavy atom. The van der Waals surface area contributed by atoms with Crippen molar-refractivity contribution in [1.29, 1.82) is 0 Å². The van der Waals surface area contributed by atoms with E-state index >= 15 is 0 Å². The first-order chi connectivity index (χ1) is 11.3. The number of carbonyl (C=O) groups is 1. The van der Waals surface area contributed by atoms with Crippen LogP contribution in [-0.2, 0) is 10.0 Å². The van der Waals surface area contributed by atoms with E-state index in [0.29, 0.717) is 22.5 Å². The summed E-state index contributed by atoms with van der Waals surface area (Å²) in [5.74, 6) is -0.386. The van der Waals surface area contributed by atoms with Crippen molar-refractivity contribution < 1.29 is 18.3 Å². The van der Waals surface area contributed by atoms with E-state index in [-0.39, 0.29) is 22.0 Å². The van der Waals surface area contributed by atoms with E-state index in [1.165, 1.54) is 24.3 Å². The Labute approximate surface area is 139 Å². The lowest BCUT2D eigenvalue weighted by Crippen LogP contribution is -2.11. The van der Waals surface area contributed by atoms with E-state index in [1.807, 2.05) is 0 Å². The van der Waals surface area contributed by atoms with E-state index in [0.717, 1.165) is 0 Å². The van der Waals surface area contributed by atoms with Crippen molar-refractivity contribution in [3.8, 4) is 0 Å². The van der Waals surface area contributed by atoms with Crippen molar-refractivity contribution >= 4 is 33.0 Å². The predicted molar refractivity (Wildman–Crippen MR) is 90.9 cm³/mol. The number of allylic oxidation sites excluding steroid dienone is 1. The second-order valence-electron chi connectivity index (χ2n) is 5.33. The van der Waals surface area contributed by atoms with Crippen molar-refractivity contribution in [3.05, 3.63) is 65.2 Å². The van der Waals surface area contributed by atoms with Crippen molar-refractivity contribution in [2.24, 2.45) is 10.1 Å². The number of hydrogen-bond acceptors (Lipinski definition) is 5. The number of primary sulfonamides is 1. The van der Waals surface area contributed by atoms with Crippen LogP contribution in [0.3, 0.4) is 0 Å². The summed E-state index contributed by atoms with van der Waals surface area (Å²) in [6.07, 6.45) is 0. The van der Waals surface area contributed by atoms with Crippen molar-refractivity contribution in [2.75, 3.05) is 0 Å². The van der Waals surface area contributed by atoms with Crippen LogP contribution >= 0.6 is 0 Å². The van der Waals surface area contributed by atoms with Gasteiger partial charge in [-0.3, -0.25) is 9.79 Å². The van der Waals surface area contributed by atoms with Crippen LogP contribution in [0.4, 0.5) is 5.69 Å². The molecule has 2 aromatic carbocycles. The molecule has 3 rings (SSSR count). The van der Waals surface area contributed by atoms with Crippen molar-refractivity contribution in [1.82, 2.24) is 0 Å². The SMILES string of the molecule is CC(=Nc1ccc(S(N)(=O)=O)cc1)C1=C(O)c2ccccc2C1=O. The molecule has 6 nitrogen and oxygen atoms in total. The molecule has 7 heteroatoms. The molecule has 0 saturated heterocycles. The molecule has 0 fully saturated rings. The maximum absolute atomic E-state index is 12.4. The highest BCUT2D eigenvalue weighted by Crippen LogP contribution is 2.32. The van der Waals surface area contributed by atoms with Crippen molar-refractivity contribution in [2.45, 2.75) is 11.8 Å². The second-order valence-corrected chi connectivity index (χ2v) is 6.90. The molecule has 0 bridgehead atoms. The number of benzene rings is 2. The summed E-state index contributed by atoms with van der Waals surface area (Å²) in [5, 5.41) is 15.3. The Balaban J connectivity index is 1.98. The fourth-order valence-electron chi connectivity index (χ4n) is 2.56. The highest BCUT2D eigenvalue weighted by atomic mass is 32.2. The maximum atomic E-state index is 12.4. The van der Waals surface area contributed by atoms with Gasteiger partial charge in [0.25, 0.3) is 0 Å². The molecule has 0 radical (unpaired) electrons. The van der Waals surface area contributed by atoms with Crippen LogP contribution in [-0.4, -0.2) is 25.0 Å². The van der Waals surface area contributed by atoms with Crippen LogP contribution in [0.2, 0.25) is 0 Å². The molecular weight excluding hydrogens is 328 g/mol. The number of aliphatic hydroxyl groups excluding tert-OH is 1. The predicted octanol–water partition coefficient (Wildman–Crippen LogP) is 2.59. The Bertz CT molecular complexity index is 1000. The quantitative estimate of drug-likeness (QED) is 0.835. The number of nitrogens with two attached hydrogens (primary N) is 1. The van der Waals surface area contributed by atoms with Gasteiger partial charge < -0.3 is 5.11 Å². The van der Waals surface area contributed by atoms with E-state index in [1.54, 1.807) is 31.2 Å². The molecule has 0 atom stereocenters. The molecule has 0 heterocycles. The number of aliphatic hydroxyl groups is 1. The third-order valence-corrected chi connectivity index (χ3v) is 4.64. The minimum absolute atomic E-state index is 0.0227. The third kappa shape index (κ3) is 2.75. The minimum atomic E-state index is -3.77. The molecule has 2 aromatic rings. The number of sulfonamides is 1. The molecule has 1 aliphatic carbocycles. The number of Topliss-reactive ketones (excluding diaryl/α,β-unsaturated/α-hetero) is 1. The Morgan fingerprint density at radius 2 is 1.62 bits per heavy atom. The number of aliphatic imine (C=N–C) groups is 1. The van der Waals surface area contributed by atoms with E-state index in [9.17, 15) is 18.3 Å². The molecule has 0 aromatic heterocycles. The van der Waals surface area contributed by atoms with E-state index < -0.39 is 10.0 Å². The molecule has 3 N–H and O–H groups in total. The zero-order chi connectivity index (χ0) is 17.5. The zero-order valence-electron chi connectivity index (χ0n) is 12.7. The summed E-state index contributed by atoms with van der Waals surface area (Å²) in [4.78, 5) is 16.7. The monoisotopic (exact) mass is 342 g/mol. The van der Waals surface area contributed by atoms with Gasteiger partial charge in [-0.15, -0.1) is 0 Å². The fourth-order valence-corrected chi connectivity index (χ4v) is 3.08. The van der Waals surface area contributed by atoms with Gasteiger partial charge in [-0.2, -0.15) is 0 Å². The van der Waals surface area contributed by atoms with Gasteiger partial charge in [-0.05, 0) is 31.2 Å². The number of carbonyl (C=O) groups excluding carboxylic acids is 1. The Kier molecular flexibility index (Phi) is 3.82. The lowest BCUT2D eigenvalue weighted by Gasteiger charge is -2.03. The Hall–Kier alpha value is -2.77. The standard InChI is InChI=1S/C17H14N2O4S/c1-10(19-11-6-8-12(9-7-11)24(18,22)23)15-16(20)13-4-2-3-5-14(13)17(15)21/h2-9,20H,1H3,(H2,18,22,23). The molecule has 0 spiro atoms. The van der Waals surface area contributed by atoms with Gasteiger partial charge in [-0.1, -0.05) is 24.3 Å². The molecule has 0 amide bonds. The van der Waals surface area contributed by atoms with Gasteiger partial charge in [0.05, 0.1) is 21.9 Å². The van der Waals surface area contributed by atoms with Crippen LogP contribution in [0.5, 0.6) is 0 Å². The summed E-state index contributed by atoms with van der Waals surface area (Å²) in [6, 6.07) is 12.4. The average molecular weight is 342 g/mol. The first kappa shape index (κ1) is 16.1. The van der Waals surface area contributed by atoms with Crippen LogP contribution < -0.4 is 5.14 Å². The fraction of sp³-hybridized carbons (Fsp3) is 0.0588. The third-order valence-electron chi connectivity index (χ3n) is 3.71.